The van der Waals surface area contributed by atoms with E-state index in [0.717, 1.165) is 48.3 Å². The van der Waals surface area contributed by atoms with Gasteiger partial charge in [0.05, 0.1) is 28.7 Å². The third-order valence-electron chi connectivity index (χ3n) is 5.26. The van der Waals surface area contributed by atoms with Crippen LogP contribution in [0.2, 0.25) is 0 Å². The van der Waals surface area contributed by atoms with Crippen LogP contribution in [0.3, 0.4) is 0 Å². The van der Waals surface area contributed by atoms with Crippen molar-refractivity contribution in [2.24, 2.45) is 11.7 Å². The molecule has 7 heteroatoms. The summed E-state index contributed by atoms with van der Waals surface area (Å²) in [7, 11) is 0. The summed E-state index contributed by atoms with van der Waals surface area (Å²) in [5, 5.41) is 0. The lowest BCUT2D eigenvalue weighted by atomic mass is 9.87. The molecule has 166 valence electrons. The van der Waals surface area contributed by atoms with Gasteiger partial charge in [0.15, 0.2) is 0 Å². The van der Waals surface area contributed by atoms with Crippen molar-refractivity contribution in [3.8, 4) is 17.1 Å². The molecule has 1 aliphatic carbocycles. The van der Waals surface area contributed by atoms with Crippen LogP contribution >= 0.6 is 0 Å². The highest BCUT2D eigenvalue weighted by atomic mass is 16.6. The van der Waals surface area contributed by atoms with Crippen LogP contribution in [0.1, 0.15) is 63.5 Å². The molecule has 1 aliphatic rings. The lowest BCUT2D eigenvalue weighted by Gasteiger charge is -2.29. The number of nitrogens with zero attached hydrogens (tertiary/aromatic N) is 3. The molecule has 0 saturated heterocycles. The van der Waals surface area contributed by atoms with Crippen molar-refractivity contribution >= 4 is 11.7 Å². The van der Waals surface area contributed by atoms with E-state index in [9.17, 15) is 4.79 Å². The van der Waals surface area contributed by atoms with Gasteiger partial charge in [0.2, 0.25) is 5.88 Å². The SMILES string of the molecule is C=C(N)c1nc(-c2ccc(OC3CCC(C(=O)OC(C)(C)C)CC3)nc2)c(C)nc1C. The predicted molar refractivity (Wildman–Crippen MR) is 120 cm³/mol. The maximum absolute atomic E-state index is 12.3. The van der Waals surface area contributed by atoms with Gasteiger partial charge in [-0.15, -0.1) is 0 Å². The zero-order chi connectivity index (χ0) is 22.8. The fourth-order valence-corrected chi connectivity index (χ4v) is 3.77. The predicted octanol–water partition coefficient (Wildman–Crippen LogP) is 4.36. The molecule has 1 saturated carbocycles. The number of pyridine rings is 1. The zero-order valence-corrected chi connectivity index (χ0v) is 19.1. The Kier molecular flexibility index (Phi) is 6.62. The zero-order valence-electron chi connectivity index (χ0n) is 19.1. The molecular weight excluding hydrogens is 392 g/mol. The van der Waals surface area contributed by atoms with Crippen LogP contribution in [0, 0.1) is 19.8 Å². The third kappa shape index (κ3) is 5.81. The van der Waals surface area contributed by atoms with E-state index in [1.807, 2.05) is 46.8 Å². The quantitative estimate of drug-likeness (QED) is 0.712. The molecule has 0 aromatic carbocycles. The van der Waals surface area contributed by atoms with Crippen molar-refractivity contribution < 1.29 is 14.3 Å². The largest absolute Gasteiger partial charge is 0.474 e. The first kappa shape index (κ1) is 22.7. The first-order valence-corrected chi connectivity index (χ1v) is 10.7. The summed E-state index contributed by atoms with van der Waals surface area (Å²) in [4.78, 5) is 25.9. The molecule has 0 radical (unpaired) electrons. The van der Waals surface area contributed by atoms with Gasteiger partial charge in [-0.3, -0.25) is 9.78 Å². The Balaban J connectivity index is 1.62. The van der Waals surface area contributed by atoms with Crippen molar-refractivity contribution in [1.82, 2.24) is 15.0 Å². The van der Waals surface area contributed by atoms with Crippen LogP contribution in [0.25, 0.3) is 17.0 Å². The van der Waals surface area contributed by atoms with Crippen LogP contribution < -0.4 is 10.5 Å². The van der Waals surface area contributed by atoms with Gasteiger partial charge >= 0.3 is 5.97 Å². The summed E-state index contributed by atoms with van der Waals surface area (Å²) in [6.07, 6.45) is 4.92. The van der Waals surface area contributed by atoms with Crippen molar-refractivity contribution in [2.75, 3.05) is 0 Å². The van der Waals surface area contributed by atoms with Crippen molar-refractivity contribution in [1.29, 1.82) is 0 Å². The molecule has 3 rings (SSSR count). The Hall–Kier alpha value is -2.96. The monoisotopic (exact) mass is 424 g/mol. The van der Waals surface area contributed by atoms with Crippen LogP contribution in [-0.4, -0.2) is 32.6 Å². The number of carbonyl (C=O) groups is 1. The second-order valence-corrected chi connectivity index (χ2v) is 9.13. The molecule has 2 aromatic rings. The number of esters is 1. The van der Waals surface area contributed by atoms with E-state index in [0.29, 0.717) is 17.3 Å². The minimum atomic E-state index is -0.450. The van der Waals surface area contributed by atoms with Crippen LogP contribution in [0.15, 0.2) is 24.9 Å². The van der Waals surface area contributed by atoms with E-state index in [4.69, 9.17) is 15.2 Å². The van der Waals surface area contributed by atoms with Crippen LogP contribution in [0.5, 0.6) is 5.88 Å². The third-order valence-corrected chi connectivity index (χ3v) is 5.26. The van der Waals surface area contributed by atoms with E-state index < -0.39 is 5.60 Å². The Bertz CT molecular complexity index is 956. The van der Waals surface area contributed by atoms with Gasteiger partial charge in [0, 0.05) is 17.8 Å². The molecule has 0 unspecified atom stereocenters. The molecule has 0 spiro atoms. The minimum absolute atomic E-state index is 0.0464. The number of nitrogens with two attached hydrogens (primary N) is 1. The Labute approximate surface area is 184 Å². The van der Waals surface area contributed by atoms with E-state index in [1.165, 1.54) is 0 Å². The lowest BCUT2D eigenvalue weighted by Crippen LogP contribution is -2.33. The molecule has 1 fully saturated rings. The van der Waals surface area contributed by atoms with E-state index >= 15 is 0 Å². The molecule has 0 bridgehead atoms. The number of carbonyl (C=O) groups excluding carboxylic acids is 1. The first-order chi connectivity index (χ1) is 14.5. The second-order valence-electron chi connectivity index (χ2n) is 9.13. The van der Waals surface area contributed by atoms with Gasteiger partial charge < -0.3 is 15.2 Å². The molecule has 2 aromatic heterocycles. The van der Waals surface area contributed by atoms with Gasteiger partial charge in [-0.1, -0.05) is 6.58 Å². The first-order valence-electron chi connectivity index (χ1n) is 10.7. The maximum atomic E-state index is 12.3. The van der Waals surface area contributed by atoms with Crippen molar-refractivity contribution in [3.63, 3.8) is 0 Å². The topological polar surface area (TPSA) is 100 Å². The molecule has 31 heavy (non-hydrogen) atoms. The standard InChI is InChI=1S/C24H32N4O3/c1-14(25)21-15(2)27-16(3)22(28-21)18-9-12-20(26-13-18)30-19-10-7-17(8-11-19)23(29)31-24(4,5)6/h9,12-13,17,19H,1,7-8,10-11,25H2,2-6H3. The average molecular weight is 425 g/mol. The van der Waals surface area contributed by atoms with Gasteiger partial charge in [-0.2, -0.15) is 0 Å². The second kappa shape index (κ2) is 9.04. The highest BCUT2D eigenvalue weighted by Gasteiger charge is 2.30. The fraction of sp³-hybridized carbons (Fsp3) is 0.500. The van der Waals surface area contributed by atoms with E-state index in [2.05, 4.69) is 21.5 Å². The van der Waals surface area contributed by atoms with Gasteiger partial charge in [0.1, 0.15) is 17.4 Å². The fourth-order valence-electron chi connectivity index (χ4n) is 3.77. The van der Waals surface area contributed by atoms with Gasteiger partial charge in [0.25, 0.3) is 0 Å². The summed E-state index contributed by atoms with van der Waals surface area (Å²) in [5.74, 6) is 0.400. The Morgan fingerprint density at radius 1 is 1.10 bits per heavy atom. The summed E-state index contributed by atoms with van der Waals surface area (Å²) in [5.41, 5.74) is 9.50. The molecule has 2 N–H and O–H groups in total. The number of hydrogen-bond acceptors (Lipinski definition) is 7. The number of aromatic nitrogens is 3. The number of aryl methyl sites for hydroxylation is 2. The normalized spacial score (nSPS) is 19.0. The van der Waals surface area contributed by atoms with Crippen molar-refractivity contribution in [2.45, 2.75) is 72.0 Å². The van der Waals surface area contributed by atoms with Crippen LogP contribution in [0.4, 0.5) is 0 Å². The van der Waals surface area contributed by atoms with Gasteiger partial charge in [-0.05, 0) is 66.4 Å². The maximum Gasteiger partial charge on any atom is 0.309 e. The Morgan fingerprint density at radius 3 is 2.32 bits per heavy atom. The summed E-state index contributed by atoms with van der Waals surface area (Å²) in [6, 6.07) is 3.76. The smallest absolute Gasteiger partial charge is 0.309 e. The molecular formula is C24H32N4O3. The number of hydrogen-bond donors (Lipinski definition) is 1. The number of ether oxygens (including phenoxy) is 2. The molecule has 7 nitrogen and oxygen atoms in total. The Morgan fingerprint density at radius 2 is 1.77 bits per heavy atom. The number of rotatable bonds is 5. The highest BCUT2D eigenvalue weighted by Crippen LogP contribution is 2.30. The average Bonchev–Trinajstić information content (AvgIpc) is 2.68. The summed E-state index contributed by atoms with van der Waals surface area (Å²) >= 11 is 0. The summed E-state index contributed by atoms with van der Waals surface area (Å²) < 4.78 is 11.6. The molecule has 0 amide bonds. The molecule has 2 heterocycles. The molecule has 0 atom stereocenters. The van der Waals surface area contributed by atoms with Crippen molar-refractivity contribution in [3.05, 3.63) is 42.0 Å². The summed E-state index contributed by atoms with van der Waals surface area (Å²) in [6.45, 7) is 13.2. The van der Waals surface area contributed by atoms with E-state index in [1.54, 1.807) is 6.20 Å². The highest BCUT2D eigenvalue weighted by molar-refractivity contribution is 5.73. The van der Waals surface area contributed by atoms with Crippen LogP contribution in [-0.2, 0) is 9.53 Å². The van der Waals surface area contributed by atoms with Gasteiger partial charge in [-0.25, -0.2) is 9.97 Å². The molecule has 0 aliphatic heterocycles. The van der Waals surface area contributed by atoms with E-state index in [-0.39, 0.29) is 18.0 Å². The lowest BCUT2D eigenvalue weighted by molar-refractivity contribution is -0.161. The minimum Gasteiger partial charge on any atom is -0.474 e.